The third-order valence-electron chi connectivity index (χ3n) is 7.33. The maximum atomic E-state index is 11.7. The lowest BCUT2D eigenvalue weighted by atomic mass is 9.96. The number of carboxylic acids is 1. The highest BCUT2D eigenvalue weighted by Crippen LogP contribution is 2.44. The number of hydrogen-bond donors (Lipinski definition) is 2. The lowest BCUT2D eigenvalue weighted by Crippen LogP contribution is -2.29. The van der Waals surface area contributed by atoms with E-state index < -0.39 is 5.97 Å². The summed E-state index contributed by atoms with van der Waals surface area (Å²) in [5, 5.41) is 13.7. The van der Waals surface area contributed by atoms with E-state index in [4.69, 9.17) is 17.0 Å². The molecule has 1 fully saturated rings. The van der Waals surface area contributed by atoms with Crippen molar-refractivity contribution in [2.24, 2.45) is 0 Å². The van der Waals surface area contributed by atoms with Gasteiger partial charge >= 0.3 is 5.97 Å². The lowest BCUT2D eigenvalue weighted by Gasteiger charge is -2.28. The number of carbonyl (C=O) groups is 1. The van der Waals surface area contributed by atoms with Gasteiger partial charge in [-0.1, -0.05) is 30.3 Å². The molecule has 1 aliphatic heterocycles. The molecule has 0 spiro atoms. The molecular formula is C33H28N4O3S. The van der Waals surface area contributed by atoms with Gasteiger partial charge < -0.3 is 24.6 Å². The first-order chi connectivity index (χ1) is 19.9. The van der Waals surface area contributed by atoms with Crippen LogP contribution in [0.5, 0.6) is 11.5 Å². The van der Waals surface area contributed by atoms with Gasteiger partial charge in [0.1, 0.15) is 11.5 Å². The molecule has 1 saturated heterocycles. The van der Waals surface area contributed by atoms with Crippen molar-refractivity contribution >= 4 is 29.0 Å². The van der Waals surface area contributed by atoms with E-state index in [1.54, 1.807) is 24.4 Å². The fourth-order valence-corrected chi connectivity index (χ4v) is 5.86. The third kappa shape index (κ3) is 5.05. The van der Waals surface area contributed by atoms with Crippen LogP contribution in [0.2, 0.25) is 0 Å². The van der Waals surface area contributed by atoms with Crippen LogP contribution in [0.1, 0.15) is 45.1 Å². The summed E-state index contributed by atoms with van der Waals surface area (Å²) in [6.45, 7) is 4.09. The highest BCUT2D eigenvalue weighted by Gasteiger charge is 2.42. The molecule has 2 N–H and O–H groups in total. The number of ether oxygens (including phenoxy) is 1. The maximum absolute atomic E-state index is 11.7. The Labute approximate surface area is 243 Å². The second-order valence-corrected chi connectivity index (χ2v) is 10.3. The summed E-state index contributed by atoms with van der Waals surface area (Å²) in [6, 6.07) is 32.2. The Morgan fingerprint density at radius 1 is 0.878 bits per heavy atom. The zero-order valence-corrected chi connectivity index (χ0v) is 23.4. The molecular weight excluding hydrogens is 532 g/mol. The predicted octanol–water partition coefficient (Wildman–Crippen LogP) is 7.16. The van der Waals surface area contributed by atoms with Crippen LogP contribution < -0.4 is 15.0 Å². The summed E-state index contributed by atoms with van der Waals surface area (Å²) in [5.41, 5.74) is 5.89. The second-order valence-electron chi connectivity index (χ2n) is 9.92. The van der Waals surface area contributed by atoms with E-state index in [0.717, 1.165) is 45.5 Å². The fourth-order valence-electron chi connectivity index (χ4n) is 5.51. The zero-order valence-electron chi connectivity index (χ0n) is 22.6. The molecule has 3 aromatic carbocycles. The van der Waals surface area contributed by atoms with Crippen LogP contribution in [-0.4, -0.2) is 25.7 Å². The summed E-state index contributed by atoms with van der Waals surface area (Å²) >= 11 is 5.92. The number of aryl methyl sites for hydroxylation is 1. The van der Waals surface area contributed by atoms with Gasteiger partial charge in [0.05, 0.1) is 23.3 Å². The first-order valence-electron chi connectivity index (χ1n) is 13.3. The van der Waals surface area contributed by atoms with Gasteiger partial charge in [-0.05, 0) is 104 Å². The number of aromatic carboxylic acids is 1. The van der Waals surface area contributed by atoms with Gasteiger partial charge in [-0.25, -0.2) is 4.79 Å². The maximum Gasteiger partial charge on any atom is 0.335 e. The van der Waals surface area contributed by atoms with Crippen molar-refractivity contribution in [3.05, 3.63) is 138 Å². The van der Waals surface area contributed by atoms with E-state index >= 15 is 0 Å². The van der Waals surface area contributed by atoms with Gasteiger partial charge in [0.25, 0.3) is 0 Å². The molecule has 0 saturated carbocycles. The van der Waals surface area contributed by atoms with Crippen LogP contribution in [0.3, 0.4) is 0 Å². The number of aromatic nitrogens is 2. The first kappa shape index (κ1) is 26.3. The predicted molar refractivity (Wildman–Crippen MR) is 163 cm³/mol. The van der Waals surface area contributed by atoms with E-state index in [-0.39, 0.29) is 17.6 Å². The number of anilines is 1. The number of carboxylic acid groups (broad SMARTS) is 1. The topological polar surface area (TPSA) is 79.6 Å². The monoisotopic (exact) mass is 560 g/mol. The van der Waals surface area contributed by atoms with Crippen molar-refractivity contribution in [1.82, 2.24) is 14.9 Å². The summed E-state index contributed by atoms with van der Waals surface area (Å²) in [5.74, 6) is 0.541. The van der Waals surface area contributed by atoms with E-state index in [1.165, 1.54) is 0 Å². The normalized spacial score (nSPS) is 16.4. The Kier molecular flexibility index (Phi) is 6.99. The smallest absolute Gasteiger partial charge is 0.335 e. The van der Waals surface area contributed by atoms with Crippen LogP contribution >= 0.6 is 12.2 Å². The molecule has 2 atom stereocenters. The Hall–Kier alpha value is -4.95. The Morgan fingerprint density at radius 2 is 1.61 bits per heavy atom. The van der Waals surface area contributed by atoms with Crippen LogP contribution in [0.4, 0.5) is 5.69 Å². The molecule has 0 amide bonds. The second kappa shape index (κ2) is 10.9. The largest absolute Gasteiger partial charge is 0.478 e. The van der Waals surface area contributed by atoms with Gasteiger partial charge in [-0.2, -0.15) is 0 Å². The van der Waals surface area contributed by atoms with E-state index in [2.05, 4.69) is 32.8 Å². The van der Waals surface area contributed by atoms with Gasteiger partial charge in [-0.15, -0.1) is 0 Å². The van der Waals surface area contributed by atoms with Crippen LogP contribution in [0.15, 0.2) is 109 Å². The standard InChI is InChI=1S/C33H28N4O3S/c1-21-19-28(22(2)36(21)25-10-8-9-23(20-25)32(38)39)31-30(29-13-6-7-18-34-29)35-33(41)37(31)24-14-16-27(17-15-24)40-26-11-4-3-5-12-26/h3-20,30-31H,1-2H3,(H,35,41)(H,38,39)/t30-,31+/m1/s1. The number of rotatable bonds is 7. The molecule has 0 radical (unpaired) electrons. The van der Waals surface area contributed by atoms with Gasteiger partial charge in [0.2, 0.25) is 0 Å². The number of thiocarbonyl (C=S) groups is 1. The van der Waals surface area contributed by atoms with Crippen molar-refractivity contribution in [3.63, 3.8) is 0 Å². The van der Waals surface area contributed by atoms with Crippen molar-refractivity contribution in [1.29, 1.82) is 0 Å². The molecule has 6 rings (SSSR count). The molecule has 41 heavy (non-hydrogen) atoms. The minimum Gasteiger partial charge on any atom is -0.478 e. The highest BCUT2D eigenvalue weighted by atomic mass is 32.1. The summed E-state index contributed by atoms with van der Waals surface area (Å²) in [6.07, 6.45) is 1.79. The lowest BCUT2D eigenvalue weighted by molar-refractivity contribution is 0.0697. The molecule has 7 nitrogen and oxygen atoms in total. The molecule has 2 aromatic heterocycles. The molecule has 5 aromatic rings. The number of pyridine rings is 1. The number of benzene rings is 3. The van der Waals surface area contributed by atoms with Crippen molar-refractivity contribution in [2.75, 3.05) is 4.90 Å². The molecule has 0 aliphatic carbocycles. The van der Waals surface area contributed by atoms with Gasteiger partial charge in [0, 0.05) is 29.0 Å². The summed E-state index contributed by atoms with van der Waals surface area (Å²) in [7, 11) is 0. The summed E-state index contributed by atoms with van der Waals surface area (Å²) in [4.78, 5) is 18.5. The van der Waals surface area contributed by atoms with Crippen LogP contribution in [0, 0.1) is 13.8 Å². The molecule has 1 aliphatic rings. The zero-order chi connectivity index (χ0) is 28.5. The quantitative estimate of drug-likeness (QED) is 0.205. The van der Waals surface area contributed by atoms with Crippen molar-refractivity contribution in [2.45, 2.75) is 25.9 Å². The number of para-hydroxylation sites is 1. The van der Waals surface area contributed by atoms with Gasteiger partial charge in [-0.3, -0.25) is 4.98 Å². The van der Waals surface area contributed by atoms with E-state index in [9.17, 15) is 9.90 Å². The Balaban J connectivity index is 1.42. The fraction of sp³-hybridized carbons (Fsp3) is 0.121. The highest BCUT2D eigenvalue weighted by molar-refractivity contribution is 7.80. The van der Waals surface area contributed by atoms with Crippen LogP contribution in [0.25, 0.3) is 5.69 Å². The molecule has 3 heterocycles. The molecule has 8 heteroatoms. The van der Waals surface area contributed by atoms with Gasteiger partial charge in [0.15, 0.2) is 5.11 Å². The molecule has 204 valence electrons. The number of nitrogens with zero attached hydrogens (tertiary/aromatic N) is 3. The molecule has 0 bridgehead atoms. The summed E-state index contributed by atoms with van der Waals surface area (Å²) < 4.78 is 8.11. The average Bonchev–Trinajstić information content (AvgIpc) is 3.49. The number of nitrogens with one attached hydrogen (secondary N) is 1. The third-order valence-corrected chi connectivity index (χ3v) is 7.65. The average molecular weight is 561 g/mol. The van der Waals surface area contributed by atoms with Crippen molar-refractivity contribution in [3.8, 4) is 17.2 Å². The van der Waals surface area contributed by atoms with Crippen molar-refractivity contribution < 1.29 is 14.6 Å². The first-order valence-corrected chi connectivity index (χ1v) is 13.7. The minimum absolute atomic E-state index is 0.205. The number of hydrogen-bond acceptors (Lipinski definition) is 4. The van der Waals surface area contributed by atoms with E-state index in [0.29, 0.717) is 5.11 Å². The molecule has 0 unspecified atom stereocenters. The Bertz CT molecular complexity index is 1720. The SMILES string of the molecule is Cc1cc([C@H]2[C@@H](c3ccccn3)NC(=S)N2c2ccc(Oc3ccccc3)cc2)c(C)n1-c1cccc(C(=O)O)c1. The Morgan fingerprint density at radius 3 is 2.32 bits per heavy atom. The van der Waals surface area contributed by atoms with Crippen LogP contribution in [-0.2, 0) is 0 Å². The van der Waals surface area contributed by atoms with E-state index in [1.807, 2.05) is 85.8 Å². The minimum atomic E-state index is -0.957.